The van der Waals surface area contributed by atoms with E-state index in [-0.39, 0.29) is 19.7 Å². The Balaban J connectivity index is 1.73. The zero-order valence-corrected chi connectivity index (χ0v) is 17.6. The monoisotopic (exact) mass is 486 g/mol. The van der Waals surface area contributed by atoms with Gasteiger partial charge in [-0.3, -0.25) is 4.79 Å². The van der Waals surface area contributed by atoms with Gasteiger partial charge in [-0.15, -0.1) is 0 Å². The van der Waals surface area contributed by atoms with Gasteiger partial charge >= 0.3 is 0 Å². The van der Waals surface area contributed by atoms with Crippen molar-refractivity contribution in [2.75, 3.05) is 26.9 Å². The molecule has 0 amide bonds. The second-order valence-electron chi connectivity index (χ2n) is 7.89. The normalized spacial score (nSPS) is 48.9. The average molecular weight is 486 g/mol. The first-order valence-corrected chi connectivity index (χ1v) is 10.2. The zero-order valence-electron chi connectivity index (χ0n) is 17.6. The van der Waals surface area contributed by atoms with Crippen LogP contribution >= 0.6 is 0 Å². The quantitative estimate of drug-likeness (QED) is 0.159. The van der Waals surface area contributed by atoms with E-state index >= 15 is 0 Å². The standard InChI is InChI=1S/C18H30O15/c1-27-16-13(26)11(24)8(4-29-16)31-18-14(10(23)7(21)3-28-18)32-17-12(25)9(22)6(2-19)15(33-17)30-5-20/h5-19,21-26H,2-4H2,1H3/t6-,7+,8+,9-,10?,11-,12?,13?,14?,15?,16+,17-,18-/m0/s1. The fourth-order valence-electron chi connectivity index (χ4n) is 3.83. The van der Waals surface area contributed by atoms with E-state index in [9.17, 15) is 40.5 Å². The summed E-state index contributed by atoms with van der Waals surface area (Å²) in [5.41, 5.74) is 0. The average Bonchev–Trinajstić information content (AvgIpc) is 2.80. The molecule has 3 fully saturated rings. The predicted molar refractivity (Wildman–Crippen MR) is 98.7 cm³/mol. The molecule has 0 aromatic heterocycles. The molecule has 0 radical (unpaired) electrons. The van der Waals surface area contributed by atoms with E-state index in [1.165, 1.54) is 7.11 Å². The molecular weight excluding hydrogens is 456 g/mol. The van der Waals surface area contributed by atoms with E-state index in [1.54, 1.807) is 0 Å². The van der Waals surface area contributed by atoms with Crippen molar-refractivity contribution in [3.8, 4) is 0 Å². The minimum absolute atomic E-state index is 0.0199. The van der Waals surface area contributed by atoms with Crippen LogP contribution in [0.25, 0.3) is 0 Å². The summed E-state index contributed by atoms with van der Waals surface area (Å²) in [6, 6.07) is 0. The number of carbonyl (C=O) groups is 1. The maximum absolute atomic E-state index is 10.7. The Kier molecular flexibility index (Phi) is 9.32. The van der Waals surface area contributed by atoms with Crippen LogP contribution in [0.15, 0.2) is 0 Å². The van der Waals surface area contributed by atoms with E-state index in [0.29, 0.717) is 0 Å². The summed E-state index contributed by atoms with van der Waals surface area (Å²) in [5, 5.41) is 70.9. The minimum atomic E-state index is -1.76. The number of hydrogen-bond acceptors (Lipinski definition) is 15. The lowest BCUT2D eigenvalue weighted by molar-refractivity contribution is -0.382. The lowest BCUT2D eigenvalue weighted by atomic mass is 9.94. The van der Waals surface area contributed by atoms with Gasteiger partial charge in [-0.1, -0.05) is 0 Å². The van der Waals surface area contributed by atoms with Crippen LogP contribution < -0.4 is 0 Å². The number of aliphatic hydroxyl groups excluding tert-OH is 7. The van der Waals surface area contributed by atoms with E-state index in [2.05, 4.69) is 4.74 Å². The van der Waals surface area contributed by atoms with Gasteiger partial charge in [0.05, 0.1) is 31.8 Å². The maximum Gasteiger partial charge on any atom is 0.295 e. The number of ether oxygens (including phenoxy) is 7. The van der Waals surface area contributed by atoms with E-state index < -0.39 is 86.5 Å². The largest absolute Gasteiger partial charge is 0.437 e. The van der Waals surface area contributed by atoms with Crippen LogP contribution in [0.2, 0.25) is 0 Å². The first kappa shape index (κ1) is 26.6. The Morgan fingerprint density at radius 2 is 1.48 bits per heavy atom. The van der Waals surface area contributed by atoms with Gasteiger partial charge in [0, 0.05) is 7.11 Å². The molecule has 192 valence electrons. The fourth-order valence-corrected chi connectivity index (χ4v) is 3.83. The highest BCUT2D eigenvalue weighted by Gasteiger charge is 2.51. The van der Waals surface area contributed by atoms with E-state index in [4.69, 9.17) is 28.4 Å². The van der Waals surface area contributed by atoms with Crippen molar-refractivity contribution < 1.29 is 73.7 Å². The molecular formula is C18H30O15. The summed E-state index contributed by atoms with van der Waals surface area (Å²) in [6.07, 6.45) is -17.8. The summed E-state index contributed by atoms with van der Waals surface area (Å²) in [5.74, 6) is -1.18. The van der Waals surface area contributed by atoms with Gasteiger partial charge in [-0.2, -0.15) is 0 Å². The Morgan fingerprint density at radius 3 is 2.12 bits per heavy atom. The number of carbonyl (C=O) groups excluding carboxylic acids is 1. The van der Waals surface area contributed by atoms with Gasteiger partial charge in [0.15, 0.2) is 18.9 Å². The maximum atomic E-state index is 10.7. The number of methoxy groups -OCH3 is 1. The lowest BCUT2D eigenvalue weighted by Gasteiger charge is -2.46. The molecule has 33 heavy (non-hydrogen) atoms. The molecule has 0 aromatic carbocycles. The van der Waals surface area contributed by atoms with E-state index in [1.807, 2.05) is 0 Å². The molecule has 0 aliphatic carbocycles. The summed E-state index contributed by atoms with van der Waals surface area (Å²) in [7, 11) is 1.28. The molecule has 3 aliphatic rings. The van der Waals surface area contributed by atoms with Crippen LogP contribution in [0.3, 0.4) is 0 Å². The molecule has 15 heteroatoms. The Hall–Kier alpha value is -1.05. The SMILES string of the molecule is CO[C@@H]1OC[C@@H](O[C@@H]2OC[C@@H](O)C(O)C2O[C@H]2OC(OC=O)[C@@H](CO)[C@H](O)C2O)[C@H](O)C1O. The molecule has 13 atom stereocenters. The molecule has 0 aromatic rings. The molecule has 3 heterocycles. The summed E-state index contributed by atoms with van der Waals surface area (Å²) in [6.45, 7) is -1.27. The topological polar surface area (TPSA) is 223 Å². The molecule has 3 saturated heterocycles. The summed E-state index contributed by atoms with van der Waals surface area (Å²) < 4.78 is 36.7. The number of rotatable bonds is 8. The van der Waals surface area contributed by atoms with Crippen molar-refractivity contribution in [1.82, 2.24) is 0 Å². The molecule has 7 N–H and O–H groups in total. The van der Waals surface area contributed by atoms with Crippen LogP contribution in [-0.4, -0.2) is 143 Å². The second kappa shape index (κ2) is 11.6. The molecule has 3 rings (SSSR count). The van der Waals surface area contributed by atoms with Crippen LogP contribution in [0.5, 0.6) is 0 Å². The number of aliphatic hydroxyl groups is 7. The minimum Gasteiger partial charge on any atom is -0.437 e. The van der Waals surface area contributed by atoms with Crippen LogP contribution in [0.4, 0.5) is 0 Å². The second-order valence-corrected chi connectivity index (χ2v) is 7.89. The van der Waals surface area contributed by atoms with Gasteiger partial charge in [0.25, 0.3) is 6.47 Å². The van der Waals surface area contributed by atoms with Crippen molar-refractivity contribution in [3.63, 3.8) is 0 Å². The third-order valence-electron chi connectivity index (χ3n) is 5.78. The van der Waals surface area contributed by atoms with Crippen molar-refractivity contribution >= 4 is 6.47 Å². The Morgan fingerprint density at radius 1 is 0.818 bits per heavy atom. The Bertz CT molecular complexity index is 624. The van der Waals surface area contributed by atoms with Gasteiger partial charge in [-0.25, -0.2) is 0 Å². The predicted octanol–water partition coefficient (Wildman–Crippen LogP) is -5.25. The van der Waals surface area contributed by atoms with Crippen molar-refractivity contribution in [2.45, 2.75) is 74.0 Å². The smallest absolute Gasteiger partial charge is 0.295 e. The van der Waals surface area contributed by atoms with Gasteiger partial charge in [-0.05, 0) is 0 Å². The highest BCUT2D eigenvalue weighted by Crippen LogP contribution is 2.31. The molecule has 15 nitrogen and oxygen atoms in total. The van der Waals surface area contributed by atoms with Crippen molar-refractivity contribution in [2.24, 2.45) is 5.92 Å². The first-order valence-electron chi connectivity index (χ1n) is 10.2. The zero-order chi connectivity index (χ0) is 24.3. The van der Waals surface area contributed by atoms with Crippen molar-refractivity contribution in [3.05, 3.63) is 0 Å². The third kappa shape index (κ3) is 5.62. The first-order chi connectivity index (χ1) is 15.7. The number of hydrogen-bond donors (Lipinski definition) is 7. The third-order valence-corrected chi connectivity index (χ3v) is 5.78. The van der Waals surface area contributed by atoms with Gasteiger partial charge in [0.1, 0.15) is 42.7 Å². The van der Waals surface area contributed by atoms with Gasteiger partial charge in [0.2, 0.25) is 6.29 Å². The molecule has 0 spiro atoms. The summed E-state index contributed by atoms with van der Waals surface area (Å²) in [4.78, 5) is 10.7. The van der Waals surface area contributed by atoms with E-state index in [0.717, 1.165) is 0 Å². The van der Waals surface area contributed by atoms with Gasteiger partial charge < -0.3 is 68.9 Å². The highest BCUT2D eigenvalue weighted by molar-refractivity contribution is 5.37. The Labute approximate surface area is 187 Å². The molecule has 5 unspecified atom stereocenters. The molecule has 0 saturated carbocycles. The lowest BCUT2D eigenvalue weighted by Crippen LogP contribution is -2.63. The molecule has 0 bridgehead atoms. The van der Waals surface area contributed by atoms with Crippen LogP contribution in [0.1, 0.15) is 0 Å². The van der Waals surface area contributed by atoms with Crippen molar-refractivity contribution in [1.29, 1.82) is 0 Å². The van der Waals surface area contributed by atoms with Crippen LogP contribution in [0, 0.1) is 5.92 Å². The fraction of sp³-hybridized carbons (Fsp3) is 0.944. The highest BCUT2D eigenvalue weighted by atomic mass is 16.8. The molecule has 3 aliphatic heterocycles. The summed E-state index contributed by atoms with van der Waals surface area (Å²) >= 11 is 0. The van der Waals surface area contributed by atoms with Crippen LogP contribution in [-0.2, 0) is 38.0 Å².